The summed E-state index contributed by atoms with van der Waals surface area (Å²) in [6.45, 7) is 5.13. The molecule has 136 valence electrons. The lowest BCUT2D eigenvalue weighted by Gasteiger charge is -2.36. The maximum Gasteiger partial charge on any atom is 0.253 e. The van der Waals surface area contributed by atoms with E-state index >= 15 is 0 Å². The third-order valence-corrected chi connectivity index (χ3v) is 6.28. The predicted molar refractivity (Wildman–Crippen MR) is 105 cm³/mol. The van der Waals surface area contributed by atoms with Gasteiger partial charge in [0.25, 0.3) is 5.91 Å². The molecule has 2 N–H and O–H groups in total. The van der Waals surface area contributed by atoms with Gasteiger partial charge in [0.2, 0.25) is 0 Å². The summed E-state index contributed by atoms with van der Waals surface area (Å²) in [5, 5.41) is 13.2. The van der Waals surface area contributed by atoms with Gasteiger partial charge in [0.1, 0.15) is 0 Å². The number of piperidine rings is 1. The van der Waals surface area contributed by atoms with Crippen LogP contribution in [0.5, 0.6) is 0 Å². The van der Waals surface area contributed by atoms with Gasteiger partial charge >= 0.3 is 0 Å². The number of benzene rings is 1. The highest BCUT2D eigenvalue weighted by molar-refractivity contribution is 7.10. The molecule has 5 nitrogen and oxygen atoms in total. The Morgan fingerprint density at radius 1 is 1.35 bits per heavy atom. The summed E-state index contributed by atoms with van der Waals surface area (Å²) in [6.07, 6.45) is 4.20. The van der Waals surface area contributed by atoms with Gasteiger partial charge in [0.15, 0.2) is 0 Å². The largest absolute Gasteiger partial charge is 0.350 e. The normalized spacial score (nSPS) is 17.4. The van der Waals surface area contributed by atoms with E-state index in [2.05, 4.69) is 44.9 Å². The molecule has 1 saturated heterocycles. The third kappa shape index (κ3) is 3.52. The van der Waals surface area contributed by atoms with E-state index in [1.54, 1.807) is 17.5 Å². The number of fused-ring (bicyclic) bond motifs is 1. The number of carbonyl (C=O) groups is 1. The number of rotatable bonds is 5. The monoisotopic (exact) mass is 368 g/mol. The van der Waals surface area contributed by atoms with Crippen molar-refractivity contribution in [3.8, 4) is 0 Å². The van der Waals surface area contributed by atoms with Crippen molar-refractivity contribution in [2.75, 3.05) is 19.6 Å². The Hall–Kier alpha value is -2.18. The molecular weight excluding hydrogens is 344 g/mol. The van der Waals surface area contributed by atoms with E-state index in [0.29, 0.717) is 12.1 Å². The highest BCUT2D eigenvalue weighted by atomic mass is 32.1. The number of nitrogens with one attached hydrogen (secondary N) is 2. The molecule has 1 aromatic carbocycles. The predicted octanol–water partition coefficient (Wildman–Crippen LogP) is 3.83. The fourth-order valence-corrected chi connectivity index (χ4v) is 4.53. The van der Waals surface area contributed by atoms with E-state index in [1.807, 2.05) is 18.2 Å². The first-order valence-electron chi connectivity index (χ1n) is 9.20. The van der Waals surface area contributed by atoms with E-state index < -0.39 is 0 Å². The number of thiophene rings is 1. The van der Waals surface area contributed by atoms with Crippen molar-refractivity contribution < 1.29 is 4.79 Å². The van der Waals surface area contributed by atoms with Crippen LogP contribution in [0, 0.1) is 5.92 Å². The second-order valence-corrected chi connectivity index (χ2v) is 8.08. The minimum absolute atomic E-state index is 0.0493. The van der Waals surface area contributed by atoms with Gasteiger partial charge in [-0.3, -0.25) is 14.8 Å². The minimum Gasteiger partial charge on any atom is -0.350 e. The van der Waals surface area contributed by atoms with Crippen LogP contribution in [0.15, 0.2) is 41.9 Å². The Kier molecular flexibility index (Phi) is 5.04. The summed E-state index contributed by atoms with van der Waals surface area (Å²) in [7, 11) is 0. The van der Waals surface area contributed by atoms with Crippen molar-refractivity contribution in [3.63, 3.8) is 0 Å². The van der Waals surface area contributed by atoms with Crippen molar-refractivity contribution in [3.05, 3.63) is 52.3 Å². The van der Waals surface area contributed by atoms with E-state index in [0.717, 1.165) is 29.9 Å². The highest BCUT2D eigenvalue weighted by Crippen LogP contribution is 2.29. The molecule has 3 aromatic rings. The zero-order valence-corrected chi connectivity index (χ0v) is 15.8. The Bertz CT molecular complexity index is 865. The van der Waals surface area contributed by atoms with Crippen molar-refractivity contribution in [2.24, 2.45) is 5.92 Å². The summed E-state index contributed by atoms with van der Waals surface area (Å²) in [5.41, 5.74) is 1.45. The van der Waals surface area contributed by atoms with E-state index in [4.69, 9.17) is 0 Å². The minimum atomic E-state index is -0.0493. The number of likely N-dealkylation sites (tertiary alicyclic amines) is 1. The molecule has 0 spiro atoms. The van der Waals surface area contributed by atoms with E-state index in [-0.39, 0.29) is 11.9 Å². The molecule has 2 aromatic heterocycles. The standard InChI is InChI=1S/C20H24N4OS/c1-14-7-9-24(10-8-14)17(18-6-3-11-26-18)13-21-20(25)16-5-2-4-15-12-22-23-19(15)16/h2-6,11-12,14,17H,7-10,13H2,1H3,(H,21,25)(H,22,23). The molecule has 1 amide bonds. The molecule has 1 aliphatic heterocycles. The van der Waals surface area contributed by atoms with Crippen molar-refractivity contribution in [1.82, 2.24) is 20.4 Å². The quantitative estimate of drug-likeness (QED) is 0.719. The zero-order valence-electron chi connectivity index (χ0n) is 14.9. The summed E-state index contributed by atoms with van der Waals surface area (Å²) in [4.78, 5) is 16.6. The third-order valence-electron chi connectivity index (χ3n) is 5.31. The first-order valence-corrected chi connectivity index (χ1v) is 10.1. The summed E-state index contributed by atoms with van der Waals surface area (Å²) >= 11 is 1.77. The van der Waals surface area contributed by atoms with Crippen LogP contribution in [0.1, 0.15) is 41.0 Å². The van der Waals surface area contributed by atoms with Gasteiger partial charge in [-0.1, -0.05) is 25.1 Å². The molecule has 0 radical (unpaired) electrons. The molecule has 1 atom stereocenters. The van der Waals surface area contributed by atoms with Gasteiger partial charge < -0.3 is 5.32 Å². The van der Waals surface area contributed by atoms with Crippen molar-refractivity contribution in [2.45, 2.75) is 25.8 Å². The number of carbonyl (C=O) groups excluding carboxylic acids is 1. The maximum atomic E-state index is 12.8. The van der Waals surface area contributed by atoms with Gasteiger partial charge in [0.05, 0.1) is 23.3 Å². The van der Waals surface area contributed by atoms with Gasteiger partial charge in [0, 0.05) is 16.8 Å². The maximum absolute atomic E-state index is 12.8. The zero-order chi connectivity index (χ0) is 17.9. The van der Waals surface area contributed by atoms with E-state index in [1.165, 1.54) is 17.7 Å². The van der Waals surface area contributed by atoms with Crippen LogP contribution in [-0.4, -0.2) is 40.6 Å². The van der Waals surface area contributed by atoms with Crippen LogP contribution in [0.4, 0.5) is 0 Å². The van der Waals surface area contributed by atoms with Gasteiger partial charge in [-0.15, -0.1) is 11.3 Å². The Labute approximate surface area is 157 Å². The first kappa shape index (κ1) is 17.2. The van der Waals surface area contributed by atoms with Gasteiger partial charge in [-0.25, -0.2) is 0 Å². The topological polar surface area (TPSA) is 61.0 Å². The number of hydrogen-bond donors (Lipinski definition) is 2. The second kappa shape index (κ2) is 7.60. The number of aromatic amines is 1. The molecule has 1 aliphatic rings. The van der Waals surface area contributed by atoms with Crippen LogP contribution in [0.3, 0.4) is 0 Å². The second-order valence-electron chi connectivity index (χ2n) is 7.10. The van der Waals surface area contributed by atoms with Crippen LogP contribution in [0.2, 0.25) is 0 Å². The molecule has 26 heavy (non-hydrogen) atoms. The van der Waals surface area contributed by atoms with Crippen LogP contribution in [-0.2, 0) is 0 Å². The molecule has 4 rings (SSSR count). The molecule has 1 unspecified atom stereocenters. The smallest absolute Gasteiger partial charge is 0.253 e. The van der Waals surface area contributed by atoms with Gasteiger partial charge in [-0.05, 0) is 49.4 Å². The SMILES string of the molecule is CC1CCN(C(CNC(=O)c2cccc3cn[nH]c23)c2cccs2)CC1. The van der Waals surface area contributed by atoms with E-state index in [9.17, 15) is 4.79 Å². The summed E-state index contributed by atoms with van der Waals surface area (Å²) < 4.78 is 0. The summed E-state index contributed by atoms with van der Waals surface area (Å²) in [5.74, 6) is 0.745. The average Bonchev–Trinajstić information content (AvgIpc) is 3.34. The highest BCUT2D eigenvalue weighted by Gasteiger charge is 2.26. The number of para-hydroxylation sites is 1. The van der Waals surface area contributed by atoms with Crippen molar-refractivity contribution >= 4 is 28.1 Å². The number of amides is 1. The molecule has 1 fully saturated rings. The molecule has 3 heterocycles. The summed E-state index contributed by atoms with van der Waals surface area (Å²) in [6, 6.07) is 10.2. The van der Waals surface area contributed by atoms with Crippen LogP contribution >= 0.6 is 11.3 Å². The molecular formula is C20H24N4OS. The Morgan fingerprint density at radius 3 is 2.96 bits per heavy atom. The Balaban J connectivity index is 1.49. The lowest BCUT2D eigenvalue weighted by atomic mass is 9.97. The van der Waals surface area contributed by atoms with Gasteiger partial charge in [-0.2, -0.15) is 5.10 Å². The molecule has 0 aliphatic carbocycles. The fourth-order valence-electron chi connectivity index (χ4n) is 3.67. The average molecular weight is 369 g/mol. The lowest BCUT2D eigenvalue weighted by Crippen LogP contribution is -2.41. The molecule has 0 saturated carbocycles. The molecule has 6 heteroatoms. The number of nitrogens with zero attached hydrogens (tertiary/aromatic N) is 2. The Morgan fingerprint density at radius 2 is 2.19 bits per heavy atom. The van der Waals surface area contributed by atoms with Crippen LogP contribution < -0.4 is 5.32 Å². The first-order chi connectivity index (χ1) is 12.7. The molecule has 0 bridgehead atoms. The lowest BCUT2D eigenvalue weighted by molar-refractivity contribution is 0.0916. The van der Waals surface area contributed by atoms with Crippen molar-refractivity contribution in [1.29, 1.82) is 0 Å². The fraction of sp³-hybridized carbons (Fsp3) is 0.400. The number of hydrogen-bond acceptors (Lipinski definition) is 4. The number of aromatic nitrogens is 2. The number of H-pyrrole nitrogens is 1. The van der Waals surface area contributed by atoms with Crippen LogP contribution in [0.25, 0.3) is 10.9 Å².